The Morgan fingerprint density at radius 1 is 1.17 bits per heavy atom. The monoisotopic (exact) mass is 391 g/mol. The van der Waals surface area contributed by atoms with Gasteiger partial charge in [-0.2, -0.15) is 5.26 Å². The topological polar surface area (TPSA) is 146 Å². The number of non-ortho nitro benzene ring substituents is 1. The Morgan fingerprint density at radius 2 is 1.90 bits per heavy atom. The third-order valence-electron chi connectivity index (χ3n) is 4.04. The Morgan fingerprint density at radius 3 is 2.52 bits per heavy atom. The van der Waals surface area contributed by atoms with Crippen LogP contribution < -0.4 is 10.3 Å². The molecule has 3 aromatic rings. The zero-order valence-corrected chi connectivity index (χ0v) is 14.8. The molecular weight excluding hydrogens is 378 g/mol. The summed E-state index contributed by atoms with van der Waals surface area (Å²) in [5.74, 6) is -0.865. The van der Waals surface area contributed by atoms with E-state index in [4.69, 9.17) is 9.84 Å². The first-order valence-electron chi connectivity index (χ1n) is 8.26. The number of aromatic amines is 1. The first-order valence-corrected chi connectivity index (χ1v) is 8.26. The van der Waals surface area contributed by atoms with Crippen LogP contribution in [0.5, 0.6) is 5.75 Å². The van der Waals surface area contributed by atoms with Gasteiger partial charge in [0.1, 0.15) is 17.4 Å². The van der Waals surface area contributed by atoms with Gasteiger partial charge in [0, 0.05) is 23.4 Å². The Kier molecular flexibility index (Phi) is 5.37. The highest BCUT2D eigenvalue weighted by Crippen LogP contribution is 2.29. The van der Waals surface area contributed by atoms with Crippen LogP contribution in [0.15, 0.2) is 59.4 Å². The highest BCUT2D eigenvalue weighted by Gasteiger charge is 2.14. The Bertz CT molecular complexity index is 1190. The molecule has 144 valence electrons. The number of carboxylic acids is 1. The van der Waals surface area contributed by atoms with E-state index in [-0.39, 0.29) is 17.0 Å². The predicted octanol–water partition coefficient (Wildman–Crippen LogP) is 2.95. The summed E-state index contributed by atoms with van der Waals surface area (Å²) in [6.45, 7) is -0.530. The van der Waals surface area contributed by atoms with Crippen LogP contribution in [-0.4, -0.2) is 27.6 Å². The molecule has 0 aliphatic carbocycles. The van der Waals surface area contributed by atoms with Crippen LogP contribution >= 0.6 is 0 Å². The van der Waals surface area contributed by atoms with Crippen LogP contribution in [0.25, 0.3) is 22.4 Å². The van der Waals surface area contributed by atoms with Crippen molar-refractivity contribution >= 4 is 11.7 Å². The minimum atomic E-state index is -1.13. The number of ether oxygens (including phenoxy) is 1. The molecule has 29 heavy (non-hydrogen) atoms. The van der Waals surface area contributed by atoms with E-state index in [2.05, 4.69) is 4.98 Å². The van der Waals surface area contributed by atoms with E-state index in [9.17, 15) is 25.0 Å². The predicted molar refractivity (Wildman–Crippen MR) is 102 cm³/mol. The van der Waals surface area contributed by atoms with Gasteiger partial charge in [-0.05, 0) is 41.5 Å². The van der Waals surface area contributed by atoms with Crippen LogP contribution in [0, 0.1) is 21.4 Å². The average molecular weight is 391 g/mol. The molecule has 0 unspecified atom stereocenters. The third-order valence-corrected chi connectivity index (χ3v) is 4.04. The molecule has 0 radical (unpaired) electrons. The number of aliphatic carboxylic acids is 1. The molecule has 3 rings (SSSR count). The van der Waals surface area contributed by atoms with E-state index in [1.165, 1.54) is 30.3 Å². The van der Waals surface area contributed by atoms with Gasteiger partial charge in [-0.3, -0.25) is 14.9 Å². The highest BCUT2D eigenvalue weighted by atomic mass is 16.6. The van der Waals surface area contributed by atoms with Gasteiger partial charge in [0.05, 0.1) is 4.92 Å². The zero-order chi connectivity index (χ0) is 21.0. The molecule has 9 nitrogen and oxygen atoms in total. The molecule has 2 N–H and O–H groups in total. The fraction of sp³-hybridized carbons (Fsp3) is 0.0500. The number of carbonyl (C=O) groups is 1. The molecular formula is C20H13N3O6. The van der Waals surface area contributed by atoms with E-state index < -0.39 is 23.1 Å². The maximum Gasteiger partial charge on any atom is 0.341 e. The number of nitro benzene ring substituents is 1. The third kappa shape index (κ3) is 4.28. The molecule has 0 atom stereocenters. The maximum atomic E-state index is 12.4. The lowest BCUT2D eigenvalue weighted by Gasteiger charge is -2.10. The van der Waals surface area contributed by atoms with Crippen molar-refractivity contribution in [2.24, 2.45) is 0 Å². The summed E-state index contributed by atoms with van der Waals surface area (Å²) in [5, 5.41) is 29.0. The second kappa shape index (κ2) is 8.06. The number of nitrogens with zero attached hydrogens (tertiary/aromatic N) is 2. The number of nitrogens with one attached hydrogen (secondary N) is 1. The molecule has 0 saturated carbocycles. The largest absolute Gasteiger partial charge is 0.482 e. The molecule has 0 aliphatic heterocycles. The number of nitro groups is 1. The smallest absolute Gasteiger partial charge is 0.341 e. The maximum absolute atomic E-state index is 12.4. The van der Waals surface area contributed by atoms with Crippen LogP contribution in [-0.2, 0) is 4.79 Å². The number of hydrogen-bond donors (Lipinski definition) is 2. The summed E-state index contributed by atoms with van der Waals surface area (Å²) in [5.41, 5.74) is 0.881. The standard InChI is InChI=1S/C20H13N3O6/c21-10-17-16(13-2-1-3-15(8-13)29-11-19(24)25)9-18(22-20(17)26)12-4-6-14(7-5-12)23(27)28/h1-9H,11H2,(H,22,26)(H,24,25). The number of pyridine rings is 1. The van der Waals surface area contributed by atoms with Crippen molar-refractivity contribution in [1.82, 2.24) is 4.98 Å². The lowest BCUT2D eigenvalue weighted by molar-refractivity contribution is -0.384. The second-order valence-electron chi connectivity index (χ2n) is 5.93. The van der Waals surface area contributed by atoms with Crippen molar-refractivity contribution in [2.75, 3.05) is 6.61 Å². The average Bonchev–Trinajstić information content (AvgIpc) is 2.72. The molecule has 9 heteroatoms. The molecule has 1 aromatic heterocycles. The Balaban J connectivity index is 2.08. The van der Waals surface area contributed by atoms with E-state index in [1.54, 1.807) is 24.3 Å². The number of H-pyrrole nitrogens is 1. The van der Waals surface area contributed by atoms with Gasteiger partial charge in [0.25, 0.3) is 11.2 Å². The Labute approximate surface area is 163 Å². The van der Waals surface area contributed by atoms with Crippen molar-refractivity contribution in [1.29, 1.82) is 5.26 Å². The summed E-state index contributed by atoms with van der Waals surface area (Å²) in [4.78, 5) is 36.0. The van der Waals surface area contributed by atoms with Crippen molar-refractivity contribution in [3.05, 3.63) is 80.6 Å². The van der Waals surface area contributed by atoms with Crippen LogP contribution in [0.4, 0.5) is 5.69 Å². The number of aromatic nitrogens is 1. The summed E-state index contributed by atoms with van der Waals surface area (Å²) < 4.78 is 5.15. The van der Waals surface area contributed by atoms with Gasteiger partial charge in [-0.25, -0.2) is 4.79 Å². The summed E-state index contributed by atoms with van der Waals surface area (Å²) in [6, 6.07) is 15.4. The van der Waals surface area contributed by atoms with E-state index in [0.29, 0.717) is 22.4 Å². The zero-order valence-electron chi connectivity index (χ0n) is 14.8. The minimum Gasteiger partial charge on any atom is -0.482 e. The number of rotatable bonds is 6. The van der Waals surface area contributed by atoms with Gasteiger partial charge in [-0.15, -0.1) is 0 Å². The van der Waals surface area contributed by atoms with Crippen molar-refractivity contribution in [3.8, 4) is 34.2 Å². The fourth-order valence-corrected chi connectivity index (χ4v) is 2.72. The van der Waals surface area contributed by atoms with Gasteiger partial charge in [0.2, 0.25) is 0 Å². The van der Waals surface area contributed by atoms with Gasteiger partial charge < -0.3 is 14.8 Å². The molecule has 1 heterocycles. The molecule has 0 aliphatic rings. The lowest BCUT2D eigenvalue weighted by atomic mass is 9.99. The normalized spacial score (nSPS) is 10.2. The lowest BCUT2D eigenvalue weighted by Crippen LogP contribution is -2.13. The number of carboxylic acid groups (broad SMARTS) is 1. The van der Waals surface area contributed by atoms with Gasteiger partial charge >= 0.3 is 5.97 Å². The first-order chi connectivity index (χ1) is 13.9. The molecule has 0 amide bonds. The first kappa shape index (κ1) is 19.3. The van der Waals surface area contributed by atoms with Gasteiger partial charge in [0.15, 0.2) is 6.61 Å². The van der Waals surface area contributed by atoms with Crippen molar-refractivity contribution in [2.45, 2.75) is 0 Å². The fourth-order valence-electron chi connectivity index (χ4n) is 2.72. The van der Waals surface area contributed by atoms with Crippen molar-refractivity contribution in [3.63, 3.8) is 0 Å². The number of nitriles is 1. The second-order valence-corrected chi connectivity index (χ2v) is 5.93. The Hall–Kier alpha value is -4.45. The number of benzene rings is 2. The summed E-state index contributed by atoms with van der Waals surface area (Å²) in [6.07, 6.45) is 0. The van der Waals surface area contributed by atoms with Crippen LogP contribution in [0.1, 0.15) is 5.56 Å². The quantitative estimate of drug-likeness (QED) is 0.485. The van der Waals surface area contributed by atoms with E-state index in [1.807, 2.05) is 6.07 Å². The molecule has 2 aromatic carbocycles. The minimum absolute atomic E-state index is 0.0896. The molecule has 0 spiro atoms. The van der Waals surface area contributed by atoms with E-state index >= 15 is 0 Å². The summed E-state index contributed by atoms with van der Waals surface area (Å²) >= 11 is 0. The summed E-state index contributed by atoms with van der Waals surface area (Å²) in [7, 11) is 0. The van der Waals surface area contributed by atoms with E-state index in [0.717, 1.165) is 0 Å². The van der Waals surface area contributed by atoms with Gasteiger partial charge in [-0.1, -0.05) is 12.1 Å². The van der Waals surface area contributed by atoms with Crippen LogP contribution in [0.2, 0.25) is 0 Å². The number of hydrogen-bond acceptors (Lipinski definition) is 6. The molecule has 0 saturated heterocycles. The highest BCUT2D eigenvalue weighted by molar-refractivity contribution is 5.76. The van der Waals surface area contributed by atoms with Crippen molar-refractivity contribution < 1.29 is 19.6 Å². The van der Waals surface area contributed by atoms with Crippen LogP contribution in [0.3, 0.4) is 0 Å². The molecule has 0 bridgehead atoms. The SMILES string of the molecule is N#Cc1c(-c2cccc(OCC(=O)O)c2)cc(-c2ccc([N+](=O)[O-])cc2)[nH]c1=O. The molecule has 0 fully saturated rings.